The second-order valence-corrected chi connectivity index (χ2v) is 7.22. The van der Waals surface area contributed by atoms with Gasteiger partial charge in [-0.15, -0.1) is 11.3 Å². The molecule has 134 valence electrons. The summed E-state index contributed by atoms with van der Waals surface area (Å²) in [6, 6.07) is 13.1. The summed E-state index contributed by atoms with van der Waals surface area (Å²) in [5.41, 5.74) is 2.30. The van der Waals surface area contributed by atoms with Crippen LogP contribution in [0.1, 0.15) is 17.0 Å². The number of rotatable bonds is 6. The molecule has 0 bridgehead atoms. The fourth-order valence-corrected chi connectivity index (χ4v) is 3.52. The molecule has 0 aliphatic heterocycles. The van der Waals surface area contributed by atoms with E-state index >= 15 is 0 Å². The van der Waals surface area contributed by atoms with Crippen LogP contribution in [0.25, 0.3) is 10.2 Å². The van der Waals surface area contributed by atoms with Crippen molar-refractivity contribution >= 4 is 50.7 Å². The number of hydrogen-bond acceptors (Lipinski definition) is 5. The molecule has 0 aliphatic rings. The minimum Gasteiger partial charge on any atom is -0.456 e. The number of aryl methyl sites for hydroxylation is 1. The summed E-state index contributed by atoms with van der Waals surface area (Å²) in [5.74, 6) is -0.828. The molecule has 1 N–H and O–H groups in total. The number of aromatic nitrogens is 1. The van der Waals surface area contributed by atoms with Crippen molar-refractivity contribution in [3.8, 4) is 0 Å². The number of benzene rings is 2. The molecule has 0 saturated carbocycles. The summed E-state index contributed by atoms with van der Waals surface area (Å²) in [6.07, 6.45) is 0.677. The van der Waals surface area contributed by atoms with Crippen LogP contribution in [-0.4, -0.2) is 23.5 Å². The third-order valence-corrected chi connectivity index (χ3v) is 5.29. The van der Waals surface area contributed by atoms with E-state index in [-0.39, 0.29) is 13.0 Å². The molecule has 2 aromatic carbocycles. The maximum absolute atomic E-state index is 11.9. The number of fused-ring (bicyclic) bond motifs is 1. The molecule has 7 heteroatoms. The zero-order valence-corrected chi connectivity index (χ0v) is 15.7. The zero-order valence-electron chi connectivity index (χ0n) is 14.1. The lowest BCUT2D eigenvalue weighted by Crippen LogP contribution is -2.21. The highest BCUT2D eigenvalue weighted by Crippen LogP contribution is 2.23. The highest BCUT2D eigenvalue weighted by molar-refractivity contribution is 7.18. The smallest absolute Gasteiger partial charge is 0.306 e. The van der Waals surface area contributed by atoms with E-state index in [0.29, 0.717) is 17.1 Å². The van der Waals surface area contributed by atoms with Gasteiger partial charge in [0.05, 0.1) is 21.6 Å². The maximum Gasteiger partial charge on any atom is 0.306 e. The molecule has 0 radical (unpaired) electrons. The number of thiazole rings is 1. The van der Waals surface area contributed by atoms with Gasteiger partial charge in [0, 0.05) is 17.1 Å². The van der Waals surface area contributed by atoms with Gasteiger partial charge in [0.25, 0.3) is 5.91 Å². The average Bonchev–Trinajstić information content (AvgIpc) is 3.05. The van der Waals surface area contributed by atoms with Crippen LogP contribution in [-0.2, 0) is 20.7 Å². The molecule has 5 nitrogen and oxygen atoms in total. The van der Waals surface area contributed by atoms with Crippen LogP contribution in [0.4, 0.5) is 5.69 Å². The molecule has 0 unspecified atom stereocenters. The van der Waals surface area contributed by atoms with Gasteiger partial charge >= 0.3 is 5.97 Å². The van der Waals surface area contributed by atoms with Crippen LogP contribution in [0.5, 0.6) is 0 Å². The van der Waals surface area contributed by atoms with Crippen molar-refractivity contribution < 1.29 is 14.3 Å². The fourth-order valence-electron chi connectivity index (χ4n) is 2.38. The van der Waals surface area contributed by atoms with E-state index in [2.05, 4.69) is 10.3 Å². The standard InChI is InChI=1S/C19H17ClN2O3S/c1-12-13(20)5-4-7-14(12)21-17(23)11-25-19(24)10-9-18-22-15-6-2-3-8-16(15)26-18/h2-8H,9-11H2,1H3,(H,21,23). The van der Waals surface area contributed by atoms with E-state index in [0.717, 1.165) is 20.8 Å². The number of anilines is 1. The second-order valence-electron chi connectivity index (χ2n) is 5.70. The van der Waals surface area contributed by atoms with Crippen molar-refractivity contribution in [2.24, 2.45) is 0 Å². The Morgan fingerprint density at radius 2 is 2.00 bits per heavy atom. The summed E-state index contributed by atoms with van der Waals surface area (Å²) in [4.78, 5) is 28.3. The molecule has 0 saturated heterocycles. The summed E-state index contributed by atoms with van der Waals surface area (Å²) >= 11 is 7.57. The van der Waals surface area contributed by atoms with Gasteiger partial charge in [-0.3, -0.25) is 9.59 Å². The molecule has 3 rings (SSSR count). The third-order valence-electron chi connectivity index (χ3n) is 3.79. The monoisotopic (exact) mass is 388 g/mol. The molecule has 1 heterocycles. The van der Waals surface area contributed by atoms with Gasteiger partial charge in [-0.1, -0.05) is 29.8 Å². The minimum atomic E-state index is -0.428. The number of hydrogen-bond donors (Lipinski definition) is 1. The first kappa shape index (κ1) is 18.4. The van der Waals surface area contributed by atoms with Gasteiger partial charge in [0.15, 0.2) is 6.61 Å². The number of esters is 1. The van der Waals surface area contributed by atoms with Gasteiger partial charge in [0.1, 0.15) is 0 Å². The topological polar surface area (TPSA) is 68.3 Å². The van der Waals surface area contributed by atoms with Crippen molar-refractivity contribution in [3.63, 3.8) is 0 Å². The van der Waals surface area contributed by atoms with Crippen LogP contribution in [0.2, 0.25) is 5.02 Å². The number of amides is 1. The molecule has 0 aliphatic carbocycles. The zero-order chi connectivity index (χ0) is 18.5. The van der Waals surface area contributed by atoms with Gasteiger partial charge in [-0.25, -0.2) is 4.98 Å². The molecule has 1 aromatic heterocycles. The first-order chi connectivity index (χ1) is 12.5. The Morgan fingerprint density at radius 1 is 1.19 bits per heavy atom. The van der Waals surface area contributed by atoms with Crippen LogP contribution in [0.15, 0.2) is 42.5 Å². The largest absolute Gasteiger partial charge is 0.456 e. The Balaban J connectivity index is 1.46. The highest BCUT2D eigenvalue weighted by atomic mass is 35.5. The first-order valence-electron chi connectivity index (χ1n) is 8.08. The van der Waals surface area contributed by atoms with E-state index in [1.807, 2.05) is 31.2 Å². The third kappa shape index (κ3) is 4.59. The van der Waals surface area contributed by atoms with Crippen molar-refractivity contribution in [2.75, 3.05) is 11.9 Å². The SMILES string of the molecule is Cc1c(Cl)cccc1NC(=O)COC(=O)CCc1nc2ccccc2s1. The van der Waals surface area contributed by atoms with Gasteiger partial charge in [-0.05, 0) is 36.8 Å². The van der Waals surface area contributed by atoms with Crippen LogP contribution < -0.4 is 5.32 Å². The lowest BCUT2D eigenvalue weighted by Gasteiger charge is -2.09. The van der Waals surface area contributed by atoms with E-state index in [1.165, 1.54) is 0 Å². The molecule has 0 fully saturated rings. The number of nitrogens with one attached hydrogen (secondary N) is 1. The number of nitrogens with zero attached hydrogens (tertiary/aromatic N) is 1. The van der Waals surface area contributed by atoms with Gasteiger partial charge < -0.3 is 10.1 Å². The second kappa shape index (κ2) is 8.29. The average molecular weight is 389 g/mol. The molecular weight excluding hydrogens is 372 g/mol. The summed E-state index contributed by atoms with van der Waals surface area (Å²) in [5, 5.41) is 4.13. The van der Waals surface area contributed by atoms with E-state index < -0.39 is 11.9 Å². The summed E-state index contributed by atoms with van der Waals surface area (Å²) in [7, 11) is 0. The molecule has 3 aromatic rings. The minimum absolute atomic E-state index is 0.184. The Hall–Kier alpha value is -2.44. The highest BCUT2D eigenvalue weighted by Gasteiger charge is 2.11. The normalized spacial score (nSPS) is 10.7. The molecular formula is C19H17ClN2O3S. The number of carbonyl (C=O) groups excluding carboxylic acids is 2. The van der Waals surface area contributed by atoms with Crippen molar-refractivity contribution in [1.82, 2.24) is 4.98 Å². The molecule has 26 heavy (non-hydrogen) atoms. The lowest BCUT2D eigenvalue weighted by atomic mass is 10.2. The summed E-state index contributed by atoms with van der Waals surface area (Å²) in [6.45, 7) is 1.48. The van der Waals surface area contributed by atoms with Crippen LogP contribution in [0, 0.1) is 6.92 Å². The number of ether oxygens (including phenoxy) is 1. The lowest BCUT2D eigenvalue weighted by molar-refractivity contribution is -0.147. The molecule has 1 amide bonds. The van der Waals surface area contributed by atoms with Gasteiger partial charge in [-0.2, -0.15) is 0 Å². The summed E-state index contributed by atoms with van der Waals surface area (Å²) < 4.78 is 6.12. The van der Waals surface area contributed by atoms with E-state index in [1.54, 1.807) is 29.5 Å². The van der Waals surface area contributed by atoms with E-state index in [9.17, 15) is 9.59 Å². The number of halogens is 1. The Bertz CT molecular complexity index is 922. The predicted molar refractivity (Wildman–Crippen MR) is 104 cm³/mol. The van der Waals surface area contributed by atoms with Crippen molar-refractivity contribution in [3.05, 3.63) is 58.1 Å². The Kier molecular flexibility index (Phi) is 5.85. The molecule has 0 spiro atoms. The van der Waals surface area contributed by atoms with E-state index in [4.69, 9.17) is 16.3 Å². The van der Waals surface area contributed by atoms with Crippen molar-refractivity contribution in [1.29, 1.82) is 0 Å². The fraction of sp³-hybridized carbons (Fsp3) is 0.211. The van der Waals surface area contributed by atoms with Crippen LogP contribution in [0.3, 0.4) is 0 Å². The first-order valence-corrected chi connectivity index (χ1v) is 9.27. The Labute approximate surface area is 160 Å². The predicted octanol–water partition coefficient (Wildman–Crippen LogP) is 4.37. The van der Waals surface area contributed by atoms with Crippen molar-refractivity contribution in [2.45, 2.75) is 19.8 Å². The Morgan fingerprint density at radius 3 is 2.81 bits per heavy atom. The van der Waals surface area contributed by atoms with Gasteiger partial charge in [0.2, 0.25) is 0 Å². The number of carbonyl (C=O) groups is 2. The number of para-hydroxylation sites is 1. The molecule has 0 atom stereocenters. The maximum atomic E-state index is 11.9. The quantitative estimate of drug-likeness (QED) is 0.636. The van der Waals surface area contributed by atoms with Crippen LogP contribution >= 0.6 is 22.9 Å².